The maximum Gasteiger partial charge on any atom is 0.341 e. The van der Waals surface area contributed by atoms with Crippen LogP contribution in [0.2, 0.25) is 0 Å². The van der Waals surface area contributed by atoms with Crippen LogP contribution in [0.4, 0.5) is 11.5 Å². The number of hydrogen-bond acceptors (Lipinski definition) is 8. The molecule has 0 fully saturated rings. The lowest BCUT2D eigenvalue weighted by molar-refractivity contribution is -0.384. The monoisotopic (exact) mass is 424 g/mol. The molecule has 0 aliphatic carbocycles. The van der Waals surface area contributed by atoms with Crippen LogP contribution in [-0.4, -0.2) is 40.2 Å². The highest BCUT2D eigenvalue weighted by Crippen LogP contribution is 2.34. The Hall–Kier alpha value is -4.21. The van der Waals surface area contributed by atoms with Crippen LogP contribution in [-0.2, 0) is 9.47 Å². The second-order valence-electron chi connectivity index (χ2n) is 6.34. The Bertz CT molecular complexity index is 1140. The fourth-order valence-corrected chi connectivity index (χ4v) is 3.19. The molecule has 0 aliphatic heterocycles. The molecule has 0 saturated heterocycles. The Morgan fingerprint density at radius 2 is 1.84 bits per heavy atom. The number of nitrogens with one attached hydrogen (secondary N) is 1. The standard InChI is InChI=1S/C21H20N4O6/c1-4-31-21(27)17-16(20(26)30-3)13(2)24(18(17)14-9-6-5-7-10-14)23-19-15(25(28)29)11-8-12-22-19/h5-12H,4H2,1-3H3,(H,22,23). The third-order valence-corrected chi connectivity index (χ3v) is 4.52. The minimum absolute atomic E-state index is 0.00844. The quantitative estimate of drug-likeness (QED) is 0.346. The number of nitrogens with zero attached hydrogens (tertiary/aromatic N) is 3. The van der Waals surface area contributed by atoms with Crippen LogP contribution in [0.1, 0.15) is 33.3 Å². The molecule has 0 spiro atoms. The van der Waals surface area contributed by atoms with E-state index in [1.807, 2.05) is 0 Å². The summed E-state index contributed by atoms with van der Waals surface area (Å²) in [5.74, 6) is -1.52. The normalized spacial score (nSPS) is 10.4. The summed E-state index contributed by atoms with van der Waals surface area (Å²) in [6.45, 7) is 3.33. The topological polar surface area (TPSA) is 126 Å². The molecule has 0 radical (unpaired) electrons. The predicted octanol–water partition coefficient (Wildman–Crippen LogP) is 3.61. The highest BCUT2D eigenvalue weighted by Gasteiger charge is 2.32. The first-order chi connectivity index (χ1) is 14.9. The van der Waals surface area contributed by atoms with Crippen LogP contribution >= 0.6 is 0 Å². The smallest absolute Gasteiger partial charge is 0.341 e. The number of esters is 2. The van der Waals surface area contributed by atoms with E-state index in [0.717, 1.165) is 0 Å². The lowest BCUT2D eigenvalue weighted by atomic mass is 10.0. The molecule has 0 saturated carbocycles. The Labute approximate surface area is 177 Å². The maximum absolute atomic E-state index is 12.9. The van der Waals surface area contributed by atoms with Gasteiger partial charge in [-0.2, -0.15) is 0 Å². The van der Waals surface area contributed by atoms with Crippen LogP contribution < -0.4 is 5.43 Å². The fraction of sp³-hybridized carbons (Fsp3) is 0.190. The van der Waals surface area contributed by atoms with Crippen LogP contribution in [0, 0.1) is 17.0 Å². The van der Waals surface area contributed by atoms with Gasteiger partial charge in [0.2, 0.25) is 5.82 Å². The van der Waals surface area contributed by atoms with Gasteiger partial charge in [-0.1, -0.05) is 30.3 Å². The van der Waals surface area contributed by atoms with Gasteiger partial charge in [0.1, 0.15) is 5.56 Å². The Morgan fingerprint density at radius 3 is 2.45 bits per heavy atom. The molecule has 3 rings (SSSR count). The summed E-state index contributed by atoms with van der Waals surface area (Å²) in [5.41, 5.74) is 3.75. The van der Waals surface area contributed by atoms with Gasteiger partial charge >= 0.3 is 17.6 Å². The number of carbonyl (C=O) groups excluding carboxylic acids is 2. The van der Waals surface area contributed by atoms with E-state index in [1.165, 1.54) is 30.1 Å². The summed E-state index contributed by atoms with van der Waals surface area (Å²) in [5, 5.41) is 11.4. The Balaban J connectivity index is 2.34. The van der Waals surface area contributed by atoms with E-state index >= 15 is 0 Å². The first-order valence-electron chi connectivity index (χ1n) is 9.33. The molecule has 160 valence electrons. The summed E-state index contributed by atoms with van der Waals surface area (Å²) < 4.78 is 11.5. The van der Waals surface area contributed by atoms with Crippen LogP contribution in [0.3, 0.4) is 0 Å². The number of benzene rings is 1. The molecule has 0 atom stereocenters. The SMILES string of the molecule is CCOC(=O)c1c(C(=O)OC)c(C)n(Nc2ncccc2[N+](=O)[O-])c1-c1ccccc1. The molecule has 10 nitrogen and oxygen atoms in total. The Morgan fingerprint density at radius 1 is 1.13 bits per heavy atom. The van der Waals surface area contributed by atoms with E-state index in [4.69, 9.17) is 9.47 Å². The molecule has 2 heterocycles. The van der Waals surface area contributed by atoms with Crippen molar-refractivity contribution in [2.75, 3.05) is 19.1 Å². The van der Waals surface area contributed by atoms with Gasteiger partial charge in [-0.05, 0) is 19.9 Å². The summed E-state index contributed by atoms with van der Waals surface area (Å²) >= 11 is 0. The number of nitro groups is 1. The predicted molar refractivity (Wildman–Crippen MR) is 112 cm³/mol. The molecular weight excluding hydrogens is 404 g/mol. The molecule has 0 unspecified atom stereocenters. The molecule has 2 aromatic heterocycles. The first kappa shape index (κ1) is 21.5. The van der Waals surface area contributed by atoms with Crippen molar-refractivity contribution in [3.8, 4) is 11.3 Å². The fourth-order valence-electron chi connectivity index (χ4n) is 3.19. The number of hydrogen-bond donors (Lipinski definition) is 1. The second kappa shape index (κ2) is 9.08. The minimum Gasteiger partial charge on any atom is -0.465 e. The molecule has 0 aliphatic rings. The van der Waals surface area contributed by atoms with E-state index in [0.29, 0.717) is 11.3 Å². The number of ether oxygens (including phenoxy) is 2. The highest BCUT2D eigenvalue weighted by molar-refractivity contribution is 6.09. The Kier molecular flexibility index (Phi) is 6.29. The maximum atomic E-state index is 12.9. The summed E-state index contributed by atoms with van der Waals surface area (Å²) in [6, 6.07) is 11.5. The molecular formula is C21H20N4O6. The highest BCUT2D eigenvalue weighted by atomic mass is 16.6. The van der Waals surface area contributed by atoms with Crippen molar-refractivity contribution in [3.05, 3.63) is 75.6 Å². The van der Waals surface area contributed by atoms with Crippen molar-refractivity contribution >= 4 is 23.4 Å². The van der Waals surface area contributed by atoms with Gasteiger partial charge < -0.3 is 9.47 Å². The summed E-state index contributed by atoms with van der Waals surface area (Å²) in [6.07, 6.45) is 1.39. The van der Waals surface area contributed by atoms with Gasteiger partial charge in [-0.25, -0.2) is 14.6 Å². The van der Waals surface area contributed by atoms with Crippen molar-refractivity contribution in [2.45, 2.75) is 13.8 Å². The lowest BCUT2D eigenvalue weighted by Gasteiger charge is -2.14. The third-order valence-electron chi connectivity index (χ3n) is 4.52. The number of aromatic nitrogens is 2. The number of carbonyl (C=O) groups is 2. The zero-order valence-electron chi connectivity index (χ0n) is 17.1. The van der Waals surface area contributed by atoms with Gasteiger partial charge in [-0.15, -0.1) is 0 Å². The average molecular weight is 424 g/mol. The van der Waals surface area contributed by atoms with E-state index in [-0.39, 0.29) is 34.9 Å². The van der Waals surface area contributed by atoms with Crippen molar-refractivity contribution in [3.63, 3.8) is 0 Å². The second-order valence-corrected chi connectivity index (χ2v) is 6.34. The summed E-state index contributed by atoms with van der Waals surface area (Å²) in [4.78, 5) is 40.4. The largest absolute Gasteiger partial charge is 0.465 e. The number of rotatable bonds is 7. The number of pyridine rings is 1. The number of methoxy groups -OCH3 is 1. The van der Waals surface area contributed by atoms with Crippen molar-refractivity contribution in [1.29, 1.82) is 0 Å². The van der Waals surface area contributed by atoms with Crippen LogP contribution in [0.5, 0.6) is 0 Å². The van der Waals surface area contributed by atoms with Crippen molar-refractivity contribution in [2.24, 2.45) is 0 Å². The van der Waals surface area contributed by atoms with E-state index in [9.17, 15) is 19.7 Å². The van der Waals surface area contributed by atoms with Gasteiger partial charge in [0.05, 0.1) is 35.6 Å². The van der Waals surface area contributed by atoms with E-state index in [1.54, 1.807) is 44.2 Å². The molecule has 3 aromatic rings. The molecule has 1 N–H and O–H groups in total. The van der Waals surface area contributed by atoms with E-state index in [2.05, 4.69) is 10.4 Å². The third kappa shape index (κ3) is 4.08. The van der Waals surface area contributed by atoms with Crippen molar-refractivity contribution in [1.82, 2.24) is 9.66 Å². The van der Waals surface area contributed by atoms with Gasteiger partial charge in [-0.3, -0.25) is 20.2 Å². The first-order valence-corrected chi connectivity index (χ1v) is 9.33. The summed E-state index contributed by atoms with van der Waals surface area (Å²) in [7, 11) is 1.20. The van der Waals surface area contributed by atoms with E-state index < -0.39 is 16.9 Å². The van der Waals surface area contributed by atoms with Crippen LogP contribution in [0.15, 0.2) is 48.7 Å². The lowest BCUT2D eigenvalue weighted by Crippen LogP contribution is -2.16. The molecule has 0 amide bonds. The van der Waals surface area contributed by atoms with Crippen molar-refractivity contribution < 1.29 is 24.0 Å². The minimum atomic E-state index is -0.742. The average Bonchev–Trinajstić information content (AvgIpc) is 3.06. The van der Waals surface area contributed by atoms with Gasteiger partial charge in [0.15, 0.2) is 0 Å². The van der Waals surface area contributed by atoms with Gasteiger partial charge in [0.25, 0.3) is 0 Å². The molecule has 1 aromatic carbocycles. The number of anilines is 1. The van der Waals surface area contributed by atoms with Gasteiger partial charge in [0, 0.05) is 17.8 Å². The zero-order valence-corrected chi connectivity index (χ0v) is 17.1. The van der Waals surface area contributed by atoms with Crippen LogP contribution in [0.25, 0.3) is 11.3 Å². The molecule has 31 heavy (non-hydrogen) atoms. The molecule has 0 bridgehead atoms. The molecule has 10 heteroatoms. The zero-order chi connectivity index (χ0) is 22.5.